The van der Waals surface area contributed by atoms with Gasteiger partial charge in [-0.3, -0.25) is 4.79 Å². The third-order valence-electron chi connectivity index (χ3n) is 3.65. The molecule has 3 heteroatoms. The summed E-state index contributed by atoms with van der Waals surface area (Å²) in [7, 11) is 6.18. The van der Waals surface area contributed by atoms with Crippen LogP contribution in [0.4, 0.5) is 0 Å². The van der Waals surface area contributed by atoms with Crippen LogP contribution in [0, 0.1) is 0 Å². The van der Waals surface area contributed by atoms with Gasteiger partial charge in [0.05, 0.1) is 0 Å². The van der Waals surface area contributed by atoms with Gasteiger partial charge in [0.1, 0.15) is 0 Å². The van der Waals surface area contributed by atoms with Gasteiger partial charge in [0.25, 0.3) is 0 Å². The van der Waals surface area contributed by atoms with E-state index >= 15 is 0 Å². The molecule has 1 saturated carbocycles. The summed E-state index contributed by atoms with van der Waals surface area (Å²) in [5.41, 5.74) is 0.262. The number of likely N-dealkylation sites (N-methyl/N-ethyl adjacent to an activating group) is 2. The van der Waals surface area contributed by atoms with Gasteiger partial charge < -0.3 is 9.80 Å². The topological polar surface area (TPSA) is 23.6 Å². The molecule has 0 heterocycles. The molecule has 1 amide bonds. The molecule has 1 rings (SSSR count). The van der Waals surface area contributed by atoms with Crippen molar-refractivity contribution in [3.8, 4) is 0 Å². The summed E-state index contributed by atoms with van der Waals surface area (Å²) in [6.07, 6.45) is 5.37. The fourth-order valence-electron chi connectivity index (χ4n) is 2.27. The number of hydrogen-bond acceptors (Lipinski definition) is 2. The summed E-state index contributed by atoms with van der Waals surface area (Å²) in [6.45, 7) is 2.94. The number of amides is 1. The zero-order valence-electron chi connectivity index (χ0n) is 10.5. The van der Waals surface area contributed by atoms with E-state index in [9.17, 15) is 4.79 Å². The Labute approximate surface area is 93.4 Å². The van der Waals surface area contributed by atoms with Crippen LogP contribution in [0.15, 0.2) is 0 Å². The van der Waals surface area contributed by atoms with Crippen LogP contribution >= 0.6 is 0 Å². The van der Waals surface area contributed by atoms with Crippen molar-refractivity contribution in [2.45, 2.75) is 44.6 Å². The Morgan fingerprint density at radius 3 is 2.20 bits per heavy atom. The van der Waals surface area contributed by atoms with Crippen LogP contribution in [-0.4, -0.2) is 48.9 Å². The molecule has 0 atom stereocenters. The zero-order valence-corrected chi connectivity index (χ0v) is 10.5. The van der Waals surface area contributed by atoms with E-state index in [1.165, 1.54) is 19.3 Å². The van der Waals surface area contributed by atoms with E-state index in [-0.39, 0.29) is 11.4 Å². The molecule has 0 aromatic heterocycles. The van der Waals surface area contributed by atoms with E-state index in [0.717, 1.165) is 13.0 Å². The van der Waals surface area contributed by atoms with E-state index in [0.29, 0.717) is 6.42 Å². The first kappa shape index (κ1) is 12.5. The van der Waals surface area contributed by atoms with Gasteiger partial charge in [-0.25, -0.2) is 0 Å². The Morgan fingerprint density at radius 2 is 1.87 bits per heavy atom. The summed E-state index contributed by atoms with van der Waals surface area (Å²) in [6, 6.07) is 0. The molecule has 0 unspecified atom stereocenters. The smallest absolute Gasteiger partial charge is 0.222 e. The molecule has 0 N–H and O–H groups in total. The fourth-order valence-corrected chi connectivity index (χ4v) is 2.27. The molecule has 1 fully saturated rings. The van der Waals surface area contributed by atoms with Crippen molar-refractivity contribution in [1.82, 2.24) is 9.80 Å². The van der Waals surface area contributed by atoms with Crippen molar-refractivity contribution in [3.05, 3.63) is 0 Å². The van der Waals surface area contributed by atoms with Crippen LogP contribution in [0.2, 0.25) is 0 Å². The quantitative estimate of drug-likeness (QED) is 0.693. The minimum Gasteiger partial charge on any atom is -0.344 e. The van der Waals surface area contributed by atoms with Gasteiger partial charge in [0.15, 0.2) is 0 Å². The normalized spacial score (nSPS) is 18.7. The third-order valence-corrected chi connectivity index (χ3v) is 3.65. The van der Waals surface area contributed by atoms with Gasteiger partial charge in [0, 0.05) is 25.6 Å². The lowest BCUT2D eigenvalue weighted by molar-refractivity contribution is -0.132. The second-order valence-corrected chi connectivity index (χ2v) is 4.97. The van der Waals surface area contributed by atoms with Crippen molar-refractivity contribution in [2.24, 2.45) is 0 Å². The summed E-state index contributed by atoms with van der Waals surface area (Å²) < 4.78 is 0. The van der Waals surface area contributed by atoms with Crippen molar-refractivity contribution < 1.29 is 4.79 Å². The maximum atomic E-state index is 11.7. The highest BCUT2D eigenvalue weighted by atomic mass is 16.2. The SMILES string of the molecule is CCCC(=O)N(C)CC1(N(C)C)CCC1. The first-order valence-corrected chi connectivity index (χ1v) is 5.93. The monoisotopic (exact) mass is 212 g/mol. The van der Waals surface area contributed by atoms with Gasteiger partial charge >= 0.3 is 0 Å². The molecule has 0 aromatic carbocycles. The Balaban J connectivity index is 2.48. The Morgan fingerprint density at radius 1 is 1.27 bits per heavy atom. The first-order chi connectivity index (χ1) is 7.02. The van der Waals surface area contributed by atoms with Crippen LogP contribution in [0.3, 0.4) is 0 Å². The Hall–Kier alpha value is -0.570. The number of nitrogens with zero attached hydrogens (tertiary/aromatic N) is 2. The van der Waals surface area contributed by atoms with Gasteiger partial charge in [0.2, 0.25) is 5.91 Å². The highest BCUT2D eigenvalue weighted by Gasteiger charge is 2.40. The van der Waals surface area contributed by atoms with E-state index in [1.807, 2.05) is 11.9 Å². The first-order valence-electron chi connectivity index (χ1n) is 5.93. The van der Waals surface area contributed by atoms with E-state index in [1.54, 1.807) is 0 Å². The van der Waals surface area contributed by atoms with Crippen molar-refractivity contribution in [3.63, 3.8) is 0 Å². The second-order valence-electron chi connectivity index (χ2n) is 4.97. The summed E-state index contributed by atoms with van der Waals surface area (Å²) in [5, 5.41) is 0. The van der Waals surface area contributed by atoms with Crippen LogP contribution < -0.4 is 0 Å². The lowest BCUT2D eigenvalue weighted by Crippen LogP contribution is -2.57. The second kappa shape index (κ2) is 4.97. The molecule has 0 aliphatic heterocycles. The minimum atomic E-state index is 0.262. The molecular weight excluding hydrogens is 188 g/mol. The Bertz CT molecular complexity index is 222. The van der Waals surface area contributed by atoms with Crippen LogP contribution in [0.1, 0.15) is 39.0 Å². The fraction of sp³-hybridized carbons (Fsp3) is 0.917. The molecule has 88 valence electrons. The lowest BCUT2D eigenvalue weighted by Gasteiger charge is -2.49. The van der Waals surface area contributed by atoms with E-state index < -0.39 is 0 Å². The number of rotatable bonds is 5. The zero-order chi connectivity index (χ0) is 11.5. The van der Waals surface area contributed by atoms with Crippen LogP contribution in [-0.2, 0) is 4.79 Å². The summed E-state index contributed by atoms with van der Waals surface area (Å²) >= 11 is 0. The molecule has 0 aromatic rings. The van der Waals surface area contributed by atoms with Crippen molar-refractivity contribution in [2.75, 3.05) is 27.7 Å². The predicted molar refractivity (Wildman–Crippen MR) is 62.8 cm³/mol. The molecule has 0 radical (unpaired) electrons. The van der Waals surface area contributed by atoms with E-state index in [2.05, 4.69) is 25.9 Å². The molecule has 15 heavy (non-hydrogen) atoms. The number of carbonyl (C=O) groups excluding carboxylic acids is 1. The van der Waals surface area contributed by atoms with Crippen molar-refractivity contribution in [1.29, 1.82) is 0 Å². The molecule has 0 bridgehead atoms. The maximum Gasteiger partial charge on any atom is 0.222 e. The van der Waals surface area contributed by atoms with Gasteiger partial charge in [-0.2, -0.15) is 0 Å². The van der Waals surface area contributed by atoms with Gasteiger partial charge in [-0.05, 0) is 39.8 Å². The maximum absolute atomic E-state index is 11.7. The largest absolute Gasteiger partial charge is 0.344 e. The minimum absolute atomic E-state index is 0.262. The molecule has 0 saturated heterocycles. The average molecular weight is 212 g/mol. The van der Waals surface area contributed by atoms with E-state index in [4.69, 9.17) is 0 Å². The standard InChI is InChI=1S/C12H24N2O/c1-5-7-11(15)14(4)10-12(13(2)3)8-6-9-12/h5-10H2,1-4H3. The van der Waals surface area contributed by atoms with Gasteiger partial charge in [-0.15, -0.1) is 0 Å². The molecule has 1 aliphatic rings. The summed E-state index contributed by atoms with van der Waals surface area (Å²) in [4.78, 5) is 15.9. The average Bonchev–Trinajstić information content (AvgIpc) is 2.10. The highest BCUT2D eigenvalue weighted by molar-refractivity contribution is 5.75. The number of carbonyl (C=O) groups is 1. The molecule has 3 nitrogen and oxygen atoms in total. The summed E-state index contributed by atoms with van der Waals surface area (Å²) in [5.74, 6) is 0.283. The predicted octanol–water partition coefficient (Wildman–Crippen LogP) is 1.73. The van der Waals surface area contributed by atoms with Crippen LogP contribution in [0.5, 0.6) is 0 Å². The third kappa shape index (κ3) is 2.71. The van der Waals surface area contributed by atoms with Gasteiger partial charge in [-0.1, -0.05) is 6.92 Å². The van der Waals surface area contributed by atoms with Crippen molar-refractivity contribution >= 4 is 5.91 Å². The Kier molecular flexibility index (Phi) is 4.14. The molecule has 1 aliphatic carbocycles. The molecular formula is C12H24N2O. The number of hydrogen-bond donors (Lipinski definition) is 0. The highest BCUT2D eigenvalue weighted by Crippen LogP contribution is 2.36. The molecule has 0 spiro atoms. The van der Waals surface area contributed by atoms with Crippen LogP contribution in [0.25, 0.3) is 0 Å². The lowest BCUT2D eigenvalue weighted by atomic mass is 9.75.